The number of hydrogen-bond acceptors (Lipinski definition) is 2. The van der Waals surface area contributed by atoms with E-state index in [0.29, 0.717) is 0 Å². The van der Waals surface area contributed by atoms with Crippen molar-refractivity contribution in [2.24, 2.45) is 0 Å². The van der Waals surface area contributed by atoms with E-state index in [9.17, 15) is 4.79 Å². The van der Waals surface area contributed by atoms with E-state index in [0.717, 1.165) is 17.5 Å². The van der Waals surface area contributed by atoms with Crippen LogP contribution in [0.2, 0.25) is 0 Å². The van der Waals surface area contributed by atoms with E-state index >= 15 is 0 Å². The average molecular weight is 266 g/mol. The molecule has 20 heavy (non-hydrogen) atoms. The van der Waals surface area contributed by atoms with Gasteiger partial charge in [0.25, 0.3) is 0 Å². The normalized spacial score (nSPS) is 16.4. The van der Waals surface area contributed by atoms with Gasteiger partial charge < -0.3 is 4.74 Å². The van der Waals surface area contributed by atoms with Gasteiger partial charge in [-0.3, -0.25) is 4.79 Å². The van der Waals surface area contributed by atoms with Gasteiger partial charge in [0, 0.05) is 0 Å². The highest BCUT2D eigenvalue weighted by Crippen LogP contribution is 2.39. The fourth-order valence-corrected chi connectivity index (χ4v) is 2.86. The molecule has 0 saturated carbocycles. The minimum atomic E-state index is -0.191. The second-order valence-corrected chi connectivity index (χ2v) is 5.49. The van der Waals surface area contributed by atoms with Gasteiger partial charge in [-0.15, -0.1) is 0 Å². The van der Waals surface area contributed by atoms with Crippen LogP contribution < -0.4 is 0 Å². The van der Waals surface area contributed by atoms with Crippen LogP contribution in [0.1, 0.15) is 30.9 Å². The maximum atomic E-state index is 12.4. The first-order chi connectivity index (χ1) is 9.66. The van der Waals surface area contributed by atoms with Gasteiger partial charge in [-0.2, -0.15) is 0 Å². The van der Waals surface area contributed by atoms with Gasteiger partial charge in [-0.1, -0.05) is 48.5 Å². The van der Waals surface area contributed by atoms with E-state index in [4.69, 9.17) is 4.74 Å². The van der Waals surface area contributed by atoms with E-state index in [2.05, 4.69) is 18.2 Å². The van der Waals surface area contributed by atoms with Crippen molar-refractivity contribution in [3.8, 4) is 11.1 Å². The van der Waals surface area contributed by atoms with Crippen molar-refractivity contribution in [3.63, 3.8) is 0 Å². The molecule has 1 unspecified atom stereocenters. The Morgan fingerprint density at radius 1 is 1.05 bits per heavy atom. The van der Waals surface area contributed by atoms with Crippen molar-refractivity contribution in [2.75, 3.05) is 0 Å². The number of benzene rings is 2. The predicted octanol–water partition coefficient (Wildman–Crippen LogP) is 3.94. The molecule has 0 aliphatic heterocycles. The van der Waals surface area contributed by atoms with Crippen LogP contribution in [0.4, 0.5) is 0 Å². The third-order valence-electron chi connectivity index (χ3n) is 3.70. The summed E-state index contributed by atoms with van der Waals surface area (Å²) in [6.07, 6.45) is 0.644. The van der Waals surface area contributed by atoms with Gasteiger partial charge in [0.15, 0.2) is 0 Å². The molecule has 2 aromatic rings. The van der Waals surface area contributed by atoms with E-state index in [1.54, 1.807) is 0 Å². The first-order valence-electron chi connectivity index (χ1n) is 7.04. The van der Waals surface area contributed by atoms with Crippen LogP contribution in [0.25, 0.3) is 11.1 Å². The Bertz CT molecular complexity index is 643. The summed E-state index contributed by atoms with van der Waals surface area (Å²) >= 11 is 0. The summed E-state index contributed by atoms with van der Waals surface area (Å²) in [6.45, 7) is 3.78. The zero-order chi connectivity index (χ0) is 14.1. The third-order valence-corrected chi connectivity index (χ3v) is 3.70. The van der Waals surface area contributed by atoms with Crippen molar-refractivity contribution in [2.45, 2.75) is 32.3 Å². The molecule has 0 saturated heterocycles. The van der Waals surface area contributed by atoms with Crippen LogP contribution in [-0.2, 0) is 16.0 Å². The highest BCUT2D eigenvalue weighted by atomic mass is 16.5. The maximum absolute atomic E-state index is 12.4. The van der Waals surface area contributed by atoms with Crippen LogP contribution in [-0.4, -0.2) is 12.1 Å². The number of ether oxygens (including phenoxy) is 1. The van der Waals surface area contributed by atoms with Crippen LogP contribution in [0.15, 0.2) is 48.5 Å². The molecule has 0 fully saturated rings. The molecule has 2 nitrogen and oxygen atoms in total. The quantitative estimate of drug-likeness (QED) is 0.769. The lowest BCUT2D eigenvalue weighted by Gasteiger charge is -2.27. The fraction of sp³-hybridized carbons (Fsp3) is 0.278. The van der Waals surface area contributed by atoms with Gasteiger partial charge in [0.1, 0.15) is 0 Å². The van der Waals surface area contributed by atoms with E-state index in [-0.39, 0.29) is 18.0 Å². The standard InChI is InChI=1S/C18H18O2/c1-12(2)20-18(19)17-11-13-7-3-4-8-14(13)15-9-5-6-10-16(15)17/h3-10,12,17H,11H2,1-2H3. The van der Waals surface area contributed by atoms with Gasteiger partial charge >= 0.3 is 5.97 Å². The zero-order valence-corrected chi connectivity index (χ0v) is 11.8. The fourth-order valence-electron chi connectivity index (χ4n) is 2.86. The van der Waals surface area contributed by atoms with Crippen LogP contribution in [0, 0.1) is 0 Å². The molecule has 1 atom stereocenters. The molecule has 0 N–H and O–H groups in total. The molecule has 3 rings (SSSR count). The minimum absolute atomic E-state index is 0.0770. The lowest BCUT2D eigenvalue weighted by Crippen LogP contribution is -2.24. The molecule has 1 aliphatic carbocycles. The summed E-state index contributed by atoms with van der Waals surface area (Å²) in [4.78, 5) is 12.4. The average Bonchev–Trinajstić information content (AvgIpc) is 2.45. The highest BCUT2D eigenvalue weighted by molar-refractivity contribution is 5.86. The molecule has 0 amide bonds. The first-order valence-corrected chi connectivity index (χ1v) is 7.04. The molecule has 1 aliphatic rings. The molecule has 0 heterocycles. The topological polar surface area (TPSA) is 26.3 Å². The molecule has 0 aromatic heterocycles. The van der Waals surface area contributed by atoms with E-state index in [1.807, 2.05) is 44.2 Å². The summed E-state index contributed by atoms with van der Waals surface area (Å²) < 4.78 is 5.42. The summed E-state index contributed by atoms with van der Waals surface area (Å²) in [6, 6.07) is 16.4. The summed E-state index contributed by atoms with van der Waals surface area (Å²) in [5.74, 6) is -0.314. The molecule has 0 spiro atoms. The summed E-state index contributed by atoms with van der Waals surface area (Å²) in [5, 5.41) is 0. The van der Waals surface area contributed by atoms with Crippen molar-refractivity contribution >= 4 is 5.97 Å². The maximum Gasteiger partial charge on any atom is 0.314 e. The number of hydrogen-bond donors (Lipinski definition) is 0. The molecule has 102 valence electrons. The Balaban J connectivity index is 2.06. The van der Waals surface area contributed by atoms with Gasteiger partial charge in [-0.25, -0.2) is 0 Å². The van der Waals surface area contributed by atoms with Gasteiger partial charge in [0.05, 0.1) is 12.0 Å². The summed E-state index contributed by atoms with van der Waals surface area (Å²) in [5.41, 5.74) is 4.69. The van der Waals surface area contributed by atoms with Crippen LogP contribution in [0.3, 0.4) is 0 Å². The van der Waals surface area contributed by atoms with Crippen molar-refractivity contribution in [1.82, 2.24) is 0 Å². The molecule has 2 heteroatoms. The second-order valence-electron chi connectivity index (χ2n) is 5.49. The molecular weight excluding hydrogens is 248 g/mol. The van der Waals surface area contributed by atoms with Crippen molar-refractivity contribution in [3.05, 3.63) is 59.7 Å². The Kier molecular flexibility index (Phi) is 3.31. The Morgan fingerprint density at radius 2 is 1.70 bits per heavy atom. The Labute approximate surface area is 119 Å². The Hall–Kier alpha value is -2.09. The van der Waals surface area contributed by atoms with Gasteiger partial charge in [-0.05, 0) is 42.5 Å². The molecule has 0 radical (unpaired) electrons. The second kappa shape index (κ2) is 5.12. The van der Waals surface area contributed by atoms with Crippen LogP contribution in [0.5, 0.6) is 0 Å². The van der Waals surface area contributed by atoms with Gasteiger partial charge in [0.2, 0.25) is 0 Å². The number of fused-ring (bicyclic) bond motifs is 3. The number of esters is 1. The monoisotopic (exact) mass is 266 g/mol. The van der Waals surface area contributed by atoms with Crippen LogP contribution >= 0.6 is 0 Å². The SMILES string of the molecule is CC(C)OC(=O)C1Cc2ccccc2-c2ccccc21. The minimum Gasteiger partial charge on any atom is -0.462 e. The molecule has 0 bridgehead atoms. The lowest BCUT2D eigenvalue weighted by atomic mass is 9.79. The number of rotatable bonds is 2. The number of carbonyl (C=O) groups is 1. The van der Waals surface area contributed by atoms with Crippen molar-refractivity contribution in [1.29, 1.82) is 0 Å². The largest absolute Gasteiger partial charge is 0.462 e. The first kappa shape index (κ1) is 12.9. The lowest BCUT2D eigenvalue weighted by molar-refractivity contribution is -0.149. The summed E-state index contributed by atoms with van der Waals surface area (Å²) in [7, 11) is 0. The number of carbonyl (C=O) groups excluding carboxylic acids is 1. The smallest absolute Gasteiger partial charge is 0.314 e. The van der Waals surface area contributed by atoms with E-state index in [1.165, 1.54) is 11.1 Å². The predicted molar refractivity (Wildman–Crippen MR) is 79.6 cm³/mol. The molecule has 2 aromatic carbocycles. The highest BCUT2D eigenvalue weighted by Gasteiger charge is 2.30. The molecular formula is C18H18O2. The van der Waals surface area contributed by atoms with Crippen molar-refractivity contribution < 1.29 is 9.53 Å². The Morgan fingerprint density at radius 3 is 2.45 bits per heavy atom. The zero-order valence-electron chi connectivity index (χ0n) is 11.8. The van der Waals surface area contributed by atoms with E-state index < -0.39 is 0 Å². The third kappa shape index (κ3) is 2.22.